The van der Waals surface area contributed by atoms with E-state index in [-0.39, 0.29) is 11.7 Å². The van der Waals surface area contributed by atoms with Crippen molar-refractivity contribution in [2.45, 2.75) is 32.9 Å². The molecule has 10 heteroatoms. The number of likely N-dealkylation sites (tertiary alicyclic amines) is 1. The second kappa shape index (κ2) is 11.5. The highest BCUT2D eigenvalue weighted by molar-refractivity contribution is 5.92. The number of β-amino-alcohol motifs (C(OH)–C–C–N with tert-alkyl or cyclic N) is 1. The van der Waals surface area contributed by atoms with Crippen molar-refractivity contribution in [1.29, 1.82) is 5.26 Å². The molecule has 2 N–H and O–H groups in total. The van der Waals surface area contributed by atoms with Gasteiger partial charge in [0, 0.05) is 66.0 Å². The summed E-state index contributed by atoms with van der Waals surface area (Å²) in [6.45, 7) is 6.32. The van der Waals surface area contributed by atoms with Crippen LogP contribution in [0.15, 0.2) is 71.5 Å². The summed E-state index contributed by atoms with van der Waals surface area (Å²) >= 11 is 0. The average molecular weight is 596 g/mol. The molecule has 0 saturated carbocycles. The first-order valence-electron chi connectivity index (χ1n) is 14.7. The number of nitriles is 1. The molecule has 7 rings (SSSR count). The molecular weight excluding hydrogens is 566 g/mol. The topological polar surface area (TPSA) is 141 Å². The van der Waals surface area contributed by atoms with Gasteiger partial charge in [0.25, 0.3) is 0 Å². The minimum atomic E-state index is -0.254. The van der Waals surface area contributed by atoms with E-state index in [9.17, 15) is 15.2 Å². The molecule has 5 heterocycles. The number of aliphatic hydroxyl groups excluding tert-OH is 1. The monoisotopic (exact) mass is 595 g/mol. The van der Waals surface area contributed by atoms with Gasteiger partial charge < -0.3 is 14.8 Å². The van der Waals surface area contributed by atoms with Crippen LogP contribution in [0.25, 0.3) is 44.7 Å². The lowest BCUT2D eigenvalue weighted by atomic mass is 9.97. The number of rotatable bonds is 7. The molecule has 222 valence electrons. The molecule has 1 saturated heterocycles. The summed E-state index contributed by atoms with van der Waals surface area (Å²) in [5.41, 5.74) is 8.44. The maximum absolute atomic E-state index is 11.4. The minimum Gasteiger partial charge on any atom is -0.435 e. The van der Waals surface area contributed by atoms with Gasteiger partial charge in [-0.3, -0.25) is 19.7 Å². The van der Waals surface area contributed by atoms with E-state index >= 15 is 0 Å². The fraction of sp³-hybridized carbons (Fsp3) is 0.200. The largest absolute Gasteiger partial charge is 0.435 e. The van der Waals surface area contributed by atoms with E-state index in [0.717, 1.165) is 69.6 Å². The van der Waals surface area contributed by atoms with Gasteiger partial charge in [-0.15, -0.1) is 0 Å². The number of oxazole rings is 1. The predicted molar refractivity (Wildman–Crippen MR) is 171 cm³/mol. The summed E-state index contributed by atoms with van der Waals surface area (Å²) < 4.78 is 6.05. The third-order valence-electron chi connectivity index (χ3n) is 8.35. The average Bonchev–Trinajstić information content (AvgIpc) is 3.67. The second-order valence-corrected chi connectivity index (χ2v) is 11.4. The molecule has 0 unspecified atom stereocenters. The summed E-state index contributed by atoms with van der Waals surface area (Å²) in [6, 6.07) is 17.1. The van der Waals surface area contributed by atoms with Crippen LogP contribution in [0.5, 0.6) is 0 Å². The van der Waals surface area contributed by atoms with E-state index in [2.05, 4.69) is 32.3 Å². The molecule has 2 aromatic carbocycles. The van der Waals surface area contributed by atoms with Gasteiger partial charge in [-0.2, -0.15) is 5.26 Å². The molecule has 0 amide bonds. The number of fused-ring (bicyclic) bond motifs is 2. The number of hydrogen-bond acceptors (Lipinski definition) is 10. The molecule has 0 radical (unpaired) electrons. The fourth-order valence-electron chi connectivity index (χ4n) is 6.01. The Kier molecular flexibility index (Phi) is 7.25. The van der Waals surface area contributed by atoms with Crippen LogP contribution in [0.2, 0.25) is 0 Å². The molecule has 0 spiro atoms. The number of aldehydes is 1. The Morgan fingerprint density at radius 3 is 2.76 bits per heavy atom. The van der Waals surface area contributed by atoms with Gasteiger partial charge in [0.1, 0.15) is 23.4 Å². The molecule has 1 atom stereocenters. The van der Waals surface area contributed by atoms with Crippen molar-refractivity contribution in [2.75, 3.05) is 18.4 Å². The van der Waals surface area contributed by atoms with Crippen molar-refractivity contribution in [2.24, 2.45) is 0 Å². The summed E-state index contributed by atoms with van der Waals surface area (Å²) in [6.07, 6.45) is 6.62. The highest BCUT2D eigenvalue weighted by Gasteiger charge is 2.21. The second-order valence-electron chi connectivity index (χ2n) is 11.4. The molecule has 10 nitrogen and oxygen atoms in total. The molecule has 1 fully saturated rings. The van der Waals surface area contributed by atoms with Crippen LogP contribution in [0, 0.1) is 25.2 Å². The molecule has 0 bridgehead atoms. The summed E-state index contributed by atoms with van der Waals surface area (Å²) in [5.74, 6) is 1.01. The van der Waals surface area contributed by atoms with Crippen molar-refractivity contribution < 1.29 is 14.3 Å². The summed E-state index contributed by atoms with van der Waals surface area (Å²) in [7, 11) is 0. The van der Waals surface area contributed by atoms with Gasteiger partial charge in [-0.1, -0.05) is 12.1 Å². The molecule has 0 aliphatic carbocycles. The van der Waals surface area contributed by atoms with Gasteiger partial charge in [0.15, 0.2) is 11.4 Å². The molecule has 45 heavy (non-hydrogen) atoms. The third kappa shape index (κ3) is 5.29. The van der Waals surface area contributed by atoms with Crippen molar-refractivity contribution >= 4 is 39.8 Å². The van der Waals surface area contributed by atoms with Crippen LogP contribution in [0.1, 0.15) is 39.0 Å². The van der Waals surface area contributed by atoms with Crippen LogP contribution in [0.3, 0.4) is 0 Å². The Labute approximate surface area is 259 Å². The molecule has 6 aromatic rings. The zero-order valence-corrected chi connectivity index (χ0v) is 24.8. The number of benzene rings is 2. The SMILES string of the molecule is Cc1c(Nc2nccc3cc(CN4CC[C@@H](O)C4)cnc23)cccc1-c1nccc(-c2nc3cc(C=O)cc(C#N)c3o2)c1C. The van der Waals surface area contributed by atoms with Gasteiger partial charge in [0.2, 0.25) is 5.89 Å². The van der Waals surface area contributed by atoms with E-state index in [4.69, 9.17) is 14.4 Å². The Morgan fingerprint density at radius 1 is 1.09 bits per heavy atom. The van der Waals surface area contributed by atoms with Crippen molar-refractivity contribution in [3.63, 3.8) is 0 Å². The van der Waals surface area contributed by atoms with Crippen molar-refractivity contribution in [3.8, 4) is 28.8 Å². The first kappa shape index (κ1) is 28.3. The highest BCUT2D eigenvalue weighted by Crippen LogP contribution is 2.36. The van der Waals surface area contributed by atoms with E-state index in [1.807, 2.05) is 50.4 Å². The van der Waals surface area contributed by atoms with E-state index in [1.165, 1.54) is 6.07 Å². The third-order valence-corrected chi connectivity index (χ3v) is 8.35. The number of pyridine rings is 3. The number of anilines is 2. The lowest BCUT2D eigenvalue weighted by Crippen LogP contribution is -2.21. The van der Waals surface area contributed by atoms with E-state index in [0.29, 0.717) is 41.2 Å². The highest BCUT2D eigenvalue weighted by atomic mass is 16.3. The Hall–Kier alpha value is -5.50. The number of carbonyl (C=O) groups is 1. The lowest BCUT2D eigenvalue weighted by Gasteiger charge is -2.17. The van der Waals surface area contributed by atoms with Crippen LogP contribution in [0.4, 0.5) is 11.5 Å². The Balaban J connectivity index is 1.21. The Morgan fingerprint density at radius 2 is 1.96 bits per heavy atom. The smallest absolute Gasteiger partial charge is 0.227 e. The van der Waals surface area contributed by atoms with E-state index < -0.39 is 0 Å². The van der Waals surface area contributed by atoms with E-state index in [1.54, 1.807) is 18.5 Å². The lowest BCUT2D eigenvalue weighted by molar-refractivity contribution is 0.112. The molecule has 1 aliphatic heterocycles. The Bertz CT molecular complexity index is 2150. The maximum atomic E-state index is 11.4. The first-order chi connectivity index (χ1) is 21.9. The first-order valence-corrected chi connectivity index (χ1v) is 14.7. The number of carbonyl (C=O) groups excluding carboxylic acids is 1. The molecular formula is C35H29N7O3. The summed E-state index contributed by atoms with van der Waals surface area (Å²) in [4.78, 5) is 32.3. The zero-order valence-electron chi connectivity index (χ0n) is 24.8. The van der Waals surface area contributed by atoms with Gasteiger partial charge in [0.05, 0.1) is 17.4 Å². The van der Waals surface area contributed by atoms with Crippen LogP contribution in [-0.4, -0.2) is 55.4 Å². The minimum absolute atomic E-state index is 0.254. The number of hydrogen-bond donors (Lipinski definition) is 2. The van der Waals surface area contributed by atoms with Crippen molar-refractivity contribution in [1.82, 2.24) is 24.8 Å². The maximum Gasteiger partial charge on any atom is 0.227 e. The number of aromatic nitrogens is 4. The number of nitrogens with one attached hydrogen (secondary N) is 1. The van der Waals surface area contributed by atoms with Gasteiger partial charge in [-0.05, 0) is 73.4 Å². The van der Waals surface area contributed by atoms with Crippen molar-refractivity contribution in [3.05, 3.63) is 94.9 Å². The van der Waals surface area contributed by atoms with Gasteiger partial charge in [-0.25, -0.2) is 9.97 Å². The standard InChI is InChI=1S/C35H29N7O3/c1-20-27(31-21(2)28(7-10-37-31)35-41-30-14-22(19-43)12-25(15-36)33(30)45-35)4-3-5-29(20)40-34-32-24(6-9-38-34)13-23(16-39-32)17-42-11-8-26(44)18-42/h3-7,9-10,12-14,16,19,26,44H,8,11,17-18H2,1-2H3,(H,38,40)/t26-/m1/s1. The fourth-order valence-corrected chi connectivity index (χ4v) is 6.01. The quantitative estimate of drug-likeness (QED) is 0.208. The van der Waals surface area contributed by atoms with Crippen LogP contribution < -0.4 is 5.32 Å². The van der Waals surface area contributed by atoms with Crippen LogP contribution >= 0.6 is 0 Å². The normalized spacial score (nSPS) is 15.0. The number of nitrogens with zero attached hydrogens (tertiary/aromatic N) is 6. The van der Waals surface area contributed by atoms with Gasteiger partial charge >= 0.3 is 0 Å². The molecule has 1 aliphatic rings. The summed E-state index contributed by atoms with van der Waals surface area (Å²) in [5, 5.41) is 24.0. The molecule has 4 aromatic heterocycles. The van der Waals surface area contributed by atoms with Crippen LogP contribution in [-0.2, 0) is 6.54 Å². The number of aliphatic hydroxyl groups is 1. The zero-order chi connectivity index (χ0) is 31.1. The predicted octanol–water partition coefficient (Wildman–Crippen LogP) is 6.11.